The Balaban J connectivity index is 1.70. The molecule has 1 amide bonds. The van der Waals surface area contributed by atoms with Gasteiger partial charge in [0.25, 0.3) is 16.8 Å². The molecule has 2 N–H and O–H groups in total. The molecule has 2 atom stereocenters. The maximum atomic E-state index is 13.2. The minimum absolute atomic E-state index is 0.0747. The average Bonchev–Trinajstić information content (AvgIpc) is 3.38. The lowest BCUT2D eigenvalue weighted by Crippen LogP contribution is -2.39. The highest BCUT2D eigenvalue weighted by Gasteiger charge is 2.37. The van der Waals surface area contributed by atoms with Crippen LogP contribution in [-0.4, -0.2) is 23.1 Å². The van der Waals surface area contributed by atoms with Crippen molar-refractivity contribution in [2.45, 2.75) is 59.7 Å². The summed E-state index contributed by atoms with van der Waals surface area (Å²) in [6.07, 6.45) is 1.21. The molecule has 184 valence electrons. The van der Waals surface area contributed by atoms with E-state index >= 15 is 0 Å². The largest absolute Gasteiger partial charge is 0.464 e. The molecule has 0 spiro atoms. The van der Waals surface area contributed by atoms with E-state index in [4.69, 9.17) is 16.0 Å². The maximum Gasteiger partial charge on any atom is 0.257 e. The van der Waals surface area contributed by atoms with Crippen LogP contribution in [0.25, 0.3) is 0 Å². The number of aryl methyl sites for hydroxylation is 1. The van der Waals surface area contributed by atoms with Crippen LogP contribution in [0.4, 0.5) is 17.1 Å². The van der Waals surface area contributed by atoms with Gasteiger partial charge in [0.05, 0.1) is 23.3 Å². The van der Waals surface area contributed by atoms with Crippen LogP contribution in [0.1, 0.15) is 67.6 Å². The van der Waals surface area contributed by atoms with Crippen LogP contribution in [0.2, 0.25) is 5.02 Å². The van der Waals surface area contributed by atoms with Gasteiger partial charge in [-0.25, -0.2) is 0 Å². The first kappa shape index (κ1) is 24.7. The van der Waals surface area contributed by atoms with Crippen molar-refractivity contribution < 1.29 is 14.0 Å². The molecule has 3 aromatic rings. The van der Waals surface area contributed by atoms with Crippen molar-refractivity contribution in [1.29, 1.82) is 0 Å². The number of furan rings is 1. The lowest BCUT2D eigenvalue weighted by Gasteiger charge is -2.31. The third kappa shape index (κ3) is 4.27. The fourth-order valence-electron chi connectivity index (χ4n) is 4.42. The van der Waals surface area contributed by atoms with Crippen molar-refractivity contribution in [2.24, 2.45) is 5.41 Å². The molecular formula is C26H28ClN3O5. The van der Waals surface area contributed by atoms with Gasteiger partial charge >= 0.3 is 0 Å². The zero-order chi connectivity index (χ0) is 25.7. The molecule has 1 aliphatic rings. The fraction of sp³-hybridized carbons (Fsp3) is 0.385. The monoisotopic (exact) mass is 497 g/mol. The van der Waals surface area contributed by atoms with Crippen molar-refractivity contribution >= 4 is 40.9 Å². The highest BCUT2D eigenvalue weighted by atomic mass is 35.5. The number of aldehydes is 1. The molecule has 8 nitrogen and oxygen atoms in total. The van der Waals surface area contributed by atoms with E-state index in [1.54, 1.807) is 12.1 Å². The number of halogens is 1. The van der Waals surface area contributed by atoms with E-state index in [1.807, 2.05) is 46.8 Å². The Labute approximate surface area is 208 Å². The van der Waals surface area contributed by atoms with Crippen LogP contribution in [0.15, 0.2) is 38.3 Å². The van der Waals surface area contributed by atoms with Crippen LogP contribution < -0.4 is 21.5 Å². The number of anilines is 3. The average molecular weight is 498 g/mol. The quantitative estimate of drug-likeness (QED) is 0.342. The number of hydrogen-bond acceptors (Lipinski definition) is 7. The molecule has 0 saturated heterocycles. The van der Waals surface area contributed by atoms with E-state index in [0.29, 0.717) is 34.0 Å². The number of carbonyl (C=O) groups is 2. The maximum absolute atomic E-state index is 13.2. The van der Waals surface area contributed by atoms with Gasteiger partial charge < -0.3 is 24.7 Å². The first-order valence-corrected chi connectivity index (χ1v) is 11.9. The molecule has 0 fully saturated rings. The van der Waals surface area contributed by atoms with Gasteiger partial charge in [-0.1, -0.05) is 39.3 Å². The number of nitrogens with zero attached hydrogens (tertiary/aromatic N) is 1. The minimum Gasteiger partial charge on any atom is -0.464 e. The summed E-state index contributed by atoms with van der Waals surface area (Å²) in [5.74, 6) is 1.03. The Morgan fingerprint density at radius 1 is 1.11 bits per heavy atom. The number of carbonyl (C=O) groups excluding carboxylic acids is 2. The molecule has 0 unspecified atom stereocenters. The van der Waals surface area contributed by atoms with Gasteiger partial charge in [-0.05, 0) is 43.0 Å². The number of amides is 1. The second-order valence-corrected chi connectivity index (χ2v) is 10.3. The van der Waals surface area contributed by atoms with Gasteiger partial charge in [0.1, 0.15) is 29.2 Å². The van der Waals surface area contributed by atoms with E-state index < -0.39 is 16.9 Å². The molecule has 0 saturated carbocycles. The second-order valence-electron chi connectivity index (χ2n) is 9.92. The number of fused-ring (bicyclic) bond motifs is 1. The Morgan fingerprint density at radius 3 is 2.37 bits per heavy atom. The van der Waals surface area contributed by atoms with Gasteiger partial charge in [-0.2, -0.15) is 0 Å². The van der Waals surface area contributed by atoms with Gasteiger partial charge in [0.15, 0.2) is 0 Å². The summed E-state index contributed by atoms with van der Waals surface area (Å²) in [4.78, 5) is 51.3. The van der Waals surface area contributed by atoms with E-state index in [9.17, 15) is 19.2 Å². The van der Waals surface area contributed by atoms with Crippen molar-refractivity contribution in [3.05, 3.63) is 72.4 Å². The predicted octanol–water partition coefficient (Wildman–Crippen LogP) is 4.71. The van der Waals surface area contributed by atoms with Crippen molar-refractivity contribution in [2.75, 3.05) is 10.6 Å². The van der Waals surface area contributed by atoms with E-state index in [0.717, 1.165) is 12.0 Å². The molecule has 4 rings (SSSR count). The Hall–Kier alpha value is -3.39. The summed E-state index contributed by atoms with van der Waals surface area (Å²) >= 11 is 6.37. The topological polar surface area (TPSA) is 109 Å². The van der Waals surface area contributed by atoms with Crippen molar-refractivity contribution in [3.8, 4) is 0 Å². The standard InChI is InChI=1S/C26H28ClN3O5/c1-6-14(12-31)30-11-15-16(27)8-9-17(19(15)25(30)34)28-20-21(23(33)22(20)32)29-24(26(3,4)5)18-10-7-13(2)35-18/h7-10,12,14,24,28-29H,6,11H2,1-5H3/t14-,24-/m0/s1. The molecule has 35 heavy (non-hydrogen) atoms. The smallest absolute Gasteiger partial charge is 0.257 e. The lowest BCUT2D eigenvalue weighted by atomic mass is 9.85. The van der Waals surface area contributed by atoms with Crippen LogP contribution in [0.5, 0.6) is 0 Å². The zero-order valence-electron chi connectivity index (χ0n) is 20.3. The molecule has 1 aromatic heterocycles. The molecule has 1 aliphatic heterocycles. The molecule has 9 heteroatoms. The second kappa shape index (κ2) is 9.00. The Bertz CT molecular complexity index is 1380. The van der Waals surface area contributed by atoms with Crippen LogP contribution >= 0.6 is 11.6 Å². The van der Waals surface area contributed by atoms with E-state index in [1.165, 1.54) is 4.90 Å². The van der Waals surface area contributed by atoms with E-state index in [2.05, 4.69) is 10.6 Å². The van der Waals surface area contributed by atoms with Crippen LogP contribution in [0, 0.1) is 12.3 Å². The van der Waals surface area contributed by atoms with Gasteiger partial charge in [-0.15, -0.1) is 0 Å². The third-order valence-corrected chi connectivity index (χ3v) is 6.76. The van der Waals surface area contributed by atoms with Crippen LogP contribution in [-0.2, 0) is 11.3 Å². The van der Waals surface area contributed by atoms with Gasteiger partial charge in [-0.3, -0.25) is 14.4 Å². The summed E-state index contributed by atoms with van der Waals surface area (Å²) in [6.45, 7) is 9.85. The Morgan fingerprint density at radius 2 is 1.80 bits per heavy atom. The first-order chi connectivity index (χ1) is 16.5. The highest BCUT2D eigenvalue weighted by Crippen LogP contribution is 2.40. The van der Waals surface area contributed by atoms with E-state index in [-0.39, 0.29) is 35.3 Å². The minimum atomic E-state index is -0.680. The Kier molecular flexibility index (Phi) is 6.36. The van der Waals surface area contributed by atoms with Crippen molar-refractivity contribution in [1.82, 2.24) is 4.90 Å². The first-order valence-electron chi connectivity index (χ1n) is 11.5. The zero-order valence-corrected chi connectivity index (χ0v) is 21.1. The number of nitrogens with one attached hydrogen (secondary N) is 2. The molecular weight excluding hydrogens is 470 g/mol. The summed E-state index contributed by atoms with van der Waals surface area (Å²) in [6, 6.07) is 5.95. The molecule has 0 radical (unpaired) electrons. The fourth-order valence-corrected chi connectivity index (χ4v) is 4.64. The normalized spacial score (nSPS) is 15.3. The third-order valence-electron chi connectivity index (χ3n) is 6.40. The molecule has 2 aromatic carbocycles. The lowest BCUT2D eigenvalue weighted by molar-refractivity contribution is -0.111. The van der Waals surface area contributed by atoms with Crippen LogP contribution in [0.3, 0.4) is 0 Å². The number of rotatable bonds is 8. The number of hydrogen-bond donors (Lipinski definition) is 2. The SMILES string of the molecule is CC[C@@H](C=O)N1Cc2c(Cl)ccc(Nc3c(N[C@@H](c4ccc(C)o4)C(C)(C)C)c(=O)c3=O)c2C1=O. The summed E-state index contributed by atoms with van der Waals surface area (Å²) < 4.78 is 5.81. The van der Waals surface area contributed by atoms with Gasteiger partial charge in [0, 0.05) is 17.1 Å². The molecule has 0 aliphatic carbocycles. The molecule has 0 bridgehead atoms. The number of benzene rings is 1. The predicted molar refractivity (Wildman–Crippen MR) is 135 cm³/mol. The molecule has 2 heterocycles. The van der Waals surface area contributed by atoms with Gasteiger partial charge in [0.2, 0.25) is 0 Å². The summed E-state index contributed by atoms with van der Waals surface area (Å²) in [5.41, 5.74) is -0.228. The highest BCUT2D eigenvalue weighted by molar-refractivity contribution is 6.32. The summed E-state index contributed by atoms with van der Waals surface area (Å²) in [7, 11) is 0. The van der Waals surface area contributed by atoms with Crippen molar-refractivity contribution in [3.63, 3.8) is 0 Å². The summed E-state index contributed by atoms with van der Waals surface area (Å²) in [5, 5.41) is 6.59.